The number of hydrogen-bond donors (Lipinski definition) is 1. The number of aromatic nitrogens is 2. The molecule has 1 aliphatic rings. The van der Waals surface area contributed by atoms with E-state index in [4.69, 9.17) is 10.6 Å². The Labute approximate surface area is 108 Å². The number of hydrogen-bond acceptors (Lipinski definition) is 5. The standard InChI is InChI=1S/C12H15N3O2S/c1-6-14-10-9(11(16)15(6)13)7-4-12(2,3)17-5-8(7)18-10/h4-5,13H2,1-3H3. The Hall–Kier alpha value is -1.40. The summed E-state index contributed by atoms with van der Waals surface area (Å²) in [5.74, 6) is 6.26. The van der Waals surface area contributed by atoms with Crippen LogP contribution in [0.2, 0.25) is 0 Å². The highest BCUT2D eigenvalue weighted by atomic mass is 32.1. The molecule has 2 aromatic rings. The predicted octanol–water partition coefficient (Wildman–Crippen LogP) is 1.33. The third-order valence-corrected chi connectivity index (χ3v) is 4.41. The fourth-order valence-electron chi connectivity index (χ4n) is 2.31. The number of ether oxygens (including phenoxy) is 1. The molecule has 3 rings (SSSR count). The lowest BCUT2D eigenvalue weighted by Crippen LogP contribution is -2.33. The van der Waals surface area contributed by atoms with E-state index in [1.807, 2.05) is 13.8 Å². The molecular formula is C12H15N3O2S. The highest BCUT2D eigenvalue weighted by Gasteiger charge is 2.30. The third-order valence-electron chi connectivity index (χ3n) is 3.31. The van der Waals surface area contributed by atoms with Crippen LogP contribution in [-0.2, 0) is 17.8 Å². The second kappa shape index (κ2) is 3.55. The van der Waals surface area contributed by atoms with Crippen molar-refractivity contribution >= 4 is 21.6 Å². The van der Waals surface area contributed by atoms with Crippen LogP contribution in [0.4, 0.5) is 0 Å². The predicted molar refractivity (Wildman–Crippen MR) is 71.3 cm³/mol. The number of aryl methyl sites for hydroxylation is 1. The van der Waals surface area contributed by atoms with Crippen molar-refractivity contribution in [1.82, 2.24) is 9.66 Å². The molecular weight excluding hydrogens is 250 g/mol. The number of nitrogens with two attached hydrogens (primary N) is 1. The Morgan fingerprint density at radius 2 is 2.22 bits per heavy atom. The second-order valence-corrected chi connectivity index (χ2v) is 6.33. The first-order valence-electron chi connectivity index (χ1n) is 5.82. The van der Waals surface area contributed by atoms with Crippen LogP contribution in [0.25, 0.3) is 10.2 Å². The molecule has 0 spiro atoms. The number of thiophene rings is 1. The third kappa shape index (κ3) is 1.56. The van der Waals surface area contributed by atoms with Crippen LogP contribution in [0.3, 0.4) is 0 Å². The van der Waals surface area contributed by atoms with Crippen molar-refractivity contribution in [2.75, 3.05) is 5.84 Å². The molecule has 18 heavy (non-hydrogen) atoms. The van der Waals surface area contributed by atoms with Crippen LogP contribution in [0.5, 0.6) is 0 Å². The fourth-order valence-corrected chi connectivity index (χ4v) is 3.45. The Bertz CT molecular complexity index is 699. The number of nitrogen functional groups attached to an aromatic ring is 1. The summed E-state index contributed by atoms with van der Waals surface area (Å²) in [5.41, 5.74) is 0.660. The molecule has 0 saturated carbocycles. The molecule has 2 N–H and O–H groups in total. The molecule has 0 amide bonds. The normalized spacial score (nSPS) is 17.9. The number of fused-ring (bicyclic) bond motifs is 3. The van der Waals surface area contributed by atoms with Crippen molar-refractivity contribution in [3.63, 3.8) is 0 Å². The molecule has 2 aromatic heterocycles. The Morgan fingerprint density at radius 3 is 2.94 bits per heavy atom. The SMILES string of the molecule is Cc1nc2sc3c(c2c(=O)n1N)CC(C)(C)OC3. The van der Waals surface area contributed by atoms with Crippen LogP contribution in [-0.4, -0.2) is 15.3 Å². The van der Waals surface area contributed by atoms with E-state index in [1.165, 1.54) is 11.3 Å². The smallest absolute Gasteiger partial charge is 0.280 e. The average Bonchev–Trinajstić information content (AvgIpc) is 2.62. The van der Waals surface area contributed by atoms with Crippen LogP contribution in [0.15, 0.2) is 4.79 Å². The maximum atomic E-state index is 12.3. The topological polar surface area (TPSA) is 70.1 Å². The first-order chi connectivity index (χ1) is 8.39. The minimum atomic E-state index is -0.238. The molecule has 6 heteroatoms. The summed E-state index contributed by atoms with van der Waals surface area (Å²) in [5, 5.41) is 0.666. The molecule has 0 unspecified atom stereocenters. The van der Waals surface area contributed by atoms with E-state index in [9.17, 15) is 4.79 Å². The zero-order valence-corrected chi connectivity index (χ0v) is 11.4. The van der Waals surface area contributed by atoms with Gasteiger partial charge < -0.3 is 10.6 Å². The lowest BCUT2D eigenvalue weighted by Gasteiger charge is -2.29. The highest BCUT2D eigenvalue weighted by Crippen LogP contribution is 2.36. The van der Waals surface area contributed by atoms with E-state index < -0.39 is 0 Å². The molecule has 0 bridgehead atoms. The first kappa shape index (κ1) is 11.7. The van der Waals surface area contributed by atoms with Gasteiger partial charge in [0.15, 0.2) is 0 Å². The summed E-state index contributed by atoms with van der Waals surface area (Å²) in [6.45, 7) is 6.34. The quantitative estimate of drug-likeness (QED) is 0.730. The lowest BCUT2D eigenvalue weighted by molar-refractivity contribution is -0.0379. The Morgan fingerprint density at radius 1 is 1.50 bits per heavy atom. The van der Waals surface area contributed by atoms with E-state index >= 15 is 0 Å². The molecule has 5 nitrogen and oxygen atoms in total. The van der Waals surface area contributed by atoms with Gasteiger partial charge in [-0.15, -0.1) is 11.3 Å². The van der Waals surface area contributed by atoms with Gasteiger partial charge in [-0.05, 0) is 26.3 Å². The number of rotatable bonds is 0. The molecule has 0 atom stereocenters. The monoisotopic (exact) mass is 265 g/mol. The number of nitrogens with zero attached hydrogens (tertiary/aromatic N) is 2. The average molecular weight is 265 g/mol. The van der Waals surface area contributed by atoms with E-state index in [-0.39, 0.29) is 11.2 Å². The van der Waals surface area contributed by atoms with E-state index in [2.05, 4.69) is 4.98 Å². The van der Waals surface area contributed by atoms with Crippen molar-refractivity contribution < 1.29 is 4.74 Å². The van der Waals surface area contributed by atoms with Gasteiger partial charge >= 0.3 is 0 Å². The maximum Gasteiger partial charge on any atom is 0.280 e. The van der Waals surface area contributed by atoms with Crippen LogP contribution in [0.1, 0.15) is 30.1 Å². The van der Waals surface area contributed by atoms with E-state index in [1.54, 1.807) is 6.92 Å². The van der Waals surface area contributed by atoms with Crippen molar-refractivity contribution in [3.8, 4) is 0 Å². The summed E-state index contributed by atoms with van der Waals surface area (Å²) in [6, 6.07) is 0. The first-order valence-corrected chi connectivity index (χ1v) is 6.63. The maximum absolute atomic E-state index is 12.3. The van der Waals surface area contributed by atoms with Gasteiger partial charge in [0.05, 0.1) is 17.6 Å². The lowest BCUT2D eigenvalue weighted by atomic mass is 9.94. The van der Waals surface area contributed by atoms with Crippen LogP contribution in [0, 0.1) is 6.92 Å². The molecule has 0 fully saturated rings. The van der Waals surface area contributed by atoms with Crippen LogP contribution >= 0.6 is 11.3 Å². The van der Waals surface area contributed by atoms with Crippen molar-refractivity contribution in [1.29, 1.82) is 0 Å². The van der Waals surface area contributed by atoms with Gasteiger partial charge in [-0.1, -0.05) is 0 Å². The minimum Gasteiger partial charge on any atom is -0.370 e. The van der Waals surface area contributed by atoms with Gasteiger partial charge in [-0.25, -0.2) is 9.66 Å². The van der Waals surface area contributed by atoms with Gasteiger partial charge in [0, 0.05) is 11.3 Å². The van der Waals surface area contributed by atoms with E-state index in [0.717, 1.165) is 26.4 Å². The Balaban J connectivity index is 2.36. The summed E-state index contributed by atoms with van der Waals surface area (Å²) in [4.78, 5) is 18.5. The summed E-state index contributed by atoms with van der Waals surface area (Å²) >= 11 is 1.53. The zero-order valence-electron chi connectivity index (χ0n) is 10.6. The second-order valence-electron chi connectivity index (χ2n) is 5.24. The highest BCUT2D eigenvalue weighted by molar-refractivity contribution is 7.18. The molecule has 0 aliphatic carbocycles. The molecule has 0 radical (unpaired) electrons. The molecule has 1 aliphatic heterocycles. The van der Waals surface area contributed by atoms with Crippen molar-refractivity contribution in [2.45, 2.75) is 39.4 Å². The molecule has 96 valence electrons. The fraction of sp³-hybridized carbons (Fsp3) is 0.500. The van der Waals surface area contributed by atoms with Gasteiger partial charge in [0.1, 0.15) is 10.7 Å². The van der Waals surface area contributed by atoms with E-state index in [0.29, 0.717) is 17.8 Å². The van der Waals surface area contributed by atoms with Gasteiger partial charge in [0.25, 0.3) is 5.56 Å². The summed E-state index contributed by atoms with van der Waals surface area (Å²) in [6.07, 6.45) is 0.725. The molecule has 3 heterocycles. The molecule has 0 aromatic carbocycles. The minimum absolute atomic E-state index is 0.160. The zero-order chi connectivity index (χ0) is 13.1. The van der Waals surface area contributed by atoms with Crippen molar-refractivity contribution in [3.05, 3.63) is 26.6 Å². The summed E-state index contributed by atoms with van der Waals surface area (Å²) < 4.78 is 6.89. The van der Waals surface area contributed by atoms with Gasteiger partial charge in [-0.2, -0.15) is 0 Å². The molecule has 0 saturated heterocycles. The van der Waals surface area contributed by atoms with Crippen molar-refractivity contribution in [2.24, 2.45) is 0 Å². The van der Waals surface area contributed by atoms with Gasteiger partial charge in [-0.3, -0.25) is 4.79 Å². The largest absolute Gasteiger partial charge is 0.370 e. The van der Waals surface area contributed by atoms with Gasteiger partial charge in [0.2, 0.25) is 0 Å². The van der Waals surface area contributed by atoms with Crippen LogP contribution < -0.4 is 11.4 Å². The summed E-state index contributed by atoms with van der Waals surface area (Å²) in [7, 11) is 0. The Kier molecular flexibility index (Phi) is 2.30.